The van der Waals surface area contributed by atoms with Gasteiger partial charge in [-0.3, -0.25) is 0 Å². The summed E-state index contributed by atoms with van der Waals surface area (Å²) in [7, 11) is 0. The van der Waals surface area contributed by atoms with Crippen molar-refractivity contribution in [2.24, 2.45) is 5.73 Å². The first-order valence-corrected chi connectivity index (χ1v) is 9.54. The normalized spacial score (nSPS) is 11.8. The first kappa shape index (κ1) is 19.0. The predicted octanol–water partition coefficient (Wildman–Crippen LogP) is 5.33. The summed E-state index contributed by atoms with van der Waals surface area (Å²) < 4.78 is 5.83. The molecule has 0 saturated carbocycles. The molecule has 0 spiro atoms. The van der Waals surface area contributed by atoms with E-state index in [1.807, 2.05) is 30.3 Å². The molecule has 3 N–H and O–H groups in total. The molecule has 0 fully saturated rings. The molecule has 3 heteroatoms. The smallest absolute Gasteiger partial charge is 0.119 e. The number of nitrogens with one attached hydrogen (secondary N) is 1. The van der Waals surface area contributed by atoms with Crippen LogP contribution >= 0.6 is 0 Å². The summed E-state index contributed by atoms with van der Waals surface area (Å²) in [5.74, 6) is 1.39. The van der Waals surface area contributed by atoms with Crippen molar-refractivity contribution < 1.29 is 4.74 Å². The maximum absolute atomic E-state index is 5.83. The molecule has 0 radical (unpaired) electrons. The van der Waals surface area contributed by atoms with Gasteiger partial charge in [0.05, 0.1) is 0 Å². The molecule has 3 aromatic rings. The maximum atomic E-state index is 5.83. The fraction of sp³-hybridized carbons (Fsp3) is 0.250. The molecular formula is C24H28N2O. The van der Waals surface area contributed by atoms with Crippen LogP contribution in [0.15, 0.2) is 78.9 Å². The average molecular weight is 361 g/mol. The van der Waals surface area contributed by atoms with Gasteiger partial charge in [0.2, 0.25) is 0 Å². The number of nitrogens with two attached hydrogens (primary N) is 1. The molecule has 3 nitrogen and oxygen atoms in total. The molecule has 0 aliphatic rings. The second-order valence-corrected chi connectivity index (χ2v) is 6.87. The standard InChI is InChI=1S/C24H28N2O/c1-19(15-16-25)22-9-7-20(8-10-22)17-26-23-11-13-24(14-12-23)27-18-21-5-3-2-4-6-21/h2-14,19,26H,15-18,25H2,1H3. The first-order chi connectivity index (χ1) is 13.2. The topological polar surface area (TPSA) is 47.3 Å². The van der Waals surface area contributed by atoms with Crippen LogP contribution in [0.1, 0.15) is 36.0 Å². The molecule has 3 aromatic carbocycles. The largest absolute Gasteiger partial charge is 0.489 e. The fourth-order valence-electron chi connectivity index (χ4n) is 2.99. The Morgan fingerprint density at radius 3 is 2.22 bits per heavy atom. The van der Waals surface area contributed by atoms with Crippen LogP contribution in [0.25, 0.3) is 0 Å². The van der Waals surface area contributed by atoms with Gasteiger partial charge in [-0.15, -0.1) is 0 Å². The van der Waals surface area contributed by atoms with Crippen LogP contribution < -0.4 is 15.8 Å². The van der Waals surface area contributed by atoms with Crippen LogP contribution in [-0.4, -0.2) is 6.54 Å². The zero-order chi connectivity index (χ0) is 18.9. The molecule has 0 saturated heterocycles. The van der Waals surface area contributed by atoms with Crippen LogP contribution in [0.3, 0.4) is 0 Å². The van der Waals surface area contributed by atoms with Gasteiger partial charge in [0.1, 0.15) is 12.4 Å². The lowest BCUT2D eigenvalue weighted by molar-refractivity contribution is 0.306. The Kier molecular flexibility index (Phi) is 6.89. The minimum Gasteiger partial charge on any atom is -0.489 e. The van der Waals surface area contributed by atoms with Crippen molar-refractivity contribution in [2.45, 2.75) is 32.4 Å². The van der Waals surface area contributed by atoms with Gasteiger partial charge in [-0.25, -0.2) is 0 Å². The van der Waals surface area contributed by atoms with Crippen molar-refractivity contribution >= 4 is 5.69 Å². The highest BCUT2D eigenvalue weighted by molar-refractivity contribution is 5.47. The highest BCUT2D eigenvalue weighted by Crippen LogP contribution is 2.20. The molecular weight excluding hydrogens is 332 g/mol. The van der Waals surface area contributed by atoms with E-state index in [2.05, 4.69) is 60.8 Å². The van der Waals surface area contributed by atoms with Crippen LogP contribution in [0.2, 0.25) is 0 Å². The Balaban J connectivity index is 1.48. The van der Waals surface area contributed by atoms with Gasteiger partial charge in [-0.05, 0) is 59.8 Å². The number of hydrogen-bond donors (Lipinski definition) is 2. The van der Waals surface area contributed by atoms with Gasteiger partial charge in [-0.2, -0.15) is 0 Å². The first-order valence-electron chi connectivity index (χ1n) is 9.54. The lowest BCUT2D eigenvalue weighted by Gasteiger charge is -2.12. The van der Waals surface area contributed by atoms with Crippen molar-refractivity contribution in [3.63, 3.8) is 0 Å². The molecule has 27 heavy (non-hydrogen) atoms. The average Bonchev–Trinajstić information content (AvgIpc) is 2.73. The van der Waals surface area contributed by atoms with E-state index in [0.717, 1.165) is 30.9 Å². The summed E-state index contributed by atoms with van der Waals surface area (Å²) in [6.07, 6.45) is 1.02. The zero-order valence-corrected chi connectivity index (χ0v) is 15.9. The lowest BCUT2D eigenvalue weighted by Crippen LogP contribution is -2.05. The van der Waals surface area contributed by atoms with E-state index in [0.29, 0.717) is 12.5 Å². The molecule has 0 aromatic heterocycles. The predicted molar refractivity (Wildman–Crippen MR) is 113 cm³/mol. The summed E-state index contributed by atoms with van der Waals surface area (Å²) in [6.45, 7) is 4.34. The summed E-state index contributed by atoms with van der Waals surface area (Å²) in [4.78, 5) is 0. The van der Waals surface area contributed by atoms with E-state index in [4.69, 9.17) is 10.5 Å². The molecule has 140 valence electrons. The summed E-state index contributed by atoms with van der Waals surface area (Å²) >= 11 is 0. The number of ether oxygens (including phenoxy) is 1. The third-order valence-corrected chi connectivity index (χ3v) is 4.75. The number of benzene rings is 3. The van der Waals surface area contributed by atoms with Gasteiger partial charge in [0.15, 0.2) is 0 Å². The third kappa shape index (κ3) is 5.87. The van der Waals surface area contributed by atoms with Crippen molar-refractivity contribution in [1.82, 2.24) is 0 Å². The Hall–Kier alpha value is -2.78. The minimum atomic E-state index is 0.514. The maximum Gasteiger partial charge on any atom is 0.119 e. The minimum absolute atomic E-state index is 0.514. The SMILES string of the molecule is CC(CCN)c1ccc(CNc2ccc(OCc3ccccc3)cc2)cc1. The molecule has 1 unspecified atom stereocenters. The molecule has 0 aliphatic carbocycles. The van der Waals surface area contributed by atoms with Gasteiger partial charge in [0.25, 0.3) is 0 Å². The van der Waals surface area contributed by atoms with Crippen LogP contribution in [-0.2, 0) is 13.2 Å². The second kappa shape index (κ2) is 9.79. The Bertz CT molecular complexity index is 798. The highest BCUT2D eigenvalue weighted by atomic mass is 16.5. The second-order valence-electron chi connectivity index (χ2n) is 6.87. The van der Waals surface area contributed by atoms with Gasteiger partial charge >= 0.3 is 0 Å². The van der Waals surface area contributed by atoms with Crippen LogP contribution in [0, 0.1) is 0 Å². The third-order valence-electron chi connectivity index (χ3n) is 4.75. The number of hydrogen-bond acceptors (Lipinski definition) is 3. The fourth-order valence-corrected chi connectivity index (χ4v) is 2.99. The van der Waals surface area contributed by atoms with Crippen molar-refractivity contribution in [3.05, 3.63) is 95.6 Å². The van der Waals surface area contributed by atoms with E-state index < -0.39 is 0 Å². The molecule has 1 atom stereocenters. The summed E-state index contributed by atoms with van der Waals surface area (Å²) in [5.41, 5.74) is 10.5. The van der Waals surface area contributed by atoms with Crippen LogP contribution in [0.5, 0.6) is 5.75 Å². The molecule has 0 bridgehead atoms. The van der Waals surface area contributed by atoms with Crippen molar-refractivity contribution in [3.8, 4) is 5.75 Å². The molecule has 0 aliphatic heterocycles. The zero-order valence-electron chi connectivity index (χ0n) is 15.9. The monoisotopic (exact) mass is 360 g/mol. The van der Waals surface area contributed by atoms with Crippen LogP contribution in [0.4, 0.5) is 5.69 Å². The Morgan fingerprint density at radius 1 is 0.852 bits per heavy atom. The quantitative estimate of drug-likeness (QED) is 0.542. The van der Waals surface area contributed by atoms with Gasteiger partial charge in [0, 0.05) is 12.2 Å². The van der Waals surface area contributed by atoms with E-state index in [1.165, 1.54) is 16.7 Å². The van der Waals surface area contributed by atoms with E-state index >= 15 is 0 Å². The lowest BCUT2D eigenvalue weighted by atomic mass is 9.97. The van der Waals surface area contributed by atoms with E-state index in [9.17, 15) is 0 Å². The van der Waals surface area contributed by atoms with Crippen molar-refractivity contribution in [1.29, 1.82) is 0 Å². The Labute approximate surface area is 162 Å². The summed E-state index contributed by atoms with van der Waals surface area (Å²) in [6, 6.07) is 27.1. The molecule has 3 rings (SSSR count). The highest BCUT2D eigenvalue weighted by Gasteiger charge is 2.04. The van der Waals surface area contributed by atoms with E-state index in [1.54, 1.807) is 0 Å². The van der Waals surface area contributed by atoms with E-state index in [-0.39, 0.29) is 0 Å². The van der Waals surface area contributed by atoms with Gasteiger partial charge in [-0.1, -0.05) is 61.5 Å². The number of anilines is 1. The summed E-state index contributed by atoms with van der Waals surface area (Å²) in [5, 5.41) is 3.46. The van der Waals surface area contributed by atoms with Crippen molar-refractivity contribution in [2.75, 3.05) is 11.9 Å². The molecule has 0 heterocycles. The molecule has 0 amide bonds. The number of rotatable bonds is 9. The Morgan fingerprint density at radius 2 is 1.56 bits per heavy atom. The van der Waals surface area contributed by atoms with Gasteiger partial charge < -0.3 is 15.8 Å².